The summed E-state index contributed by atoms with van der Waals surface area (Å²) in [6.07, 6.45) is 0. The smallest absolute Gasteiger partial charge is 0.338 e. The van der Waals surface area contributed by atoms with Crippen LogP contribution in [0.3, 0.4) is 0 Å². The minimum Gasteiger partial charge on any atom is -0.478 e. The van der Waals surface area contributed by atoms with Gasteiger partial charge in [0.2, 0.25) is 0 Å². The van der Waals surface area contributed by atoms with Gasteiger partial charge >= 0.3 is 11.9 Å². The first-order valence-electron chi connectivity index (χ1n) is 5.28. The van der Waals surface area contributed by atoms with Gasteiger partial charge in [0.15, 0.2) is 0 Å². The molecule has 0 heterocycles. The number of ether oxygens (including phenoxy) is 1. The molecule has 0 atom stereocenters. The standard InChI is InChI=1S/C13H16O4/c1-8-9(11(14)15)6-5-7-10(8)12(16)17-13(2,3)4/h5-7H,1-4H3,(H,14,15). The molecule has 92 valence electrons. The number of carbonyl (C=O) groups is 2. The Morgan fingerprint density at radius 2 is 1.71 bits per heavy atom. The number of hydrogen-bond acceptors (Lipinski definition) is 3. The topological polar surface area (TPSA) is 63.6 Å². The summed E-state index contributed by atoms with van der Waals surface area (Å²) >= 11 is 0. The fourth-order valence-electron chi connectivity index (χ4n) is 1.42. The molecule has 4 heteroatoms. The Kier molecular flexibility index (Phi) is 3.56. The molecule has 0 amide bonds. The Balaban J connectivity index is 3.11. The second-order valence-electron chi connectivity index (χ2n) is 4.79. The summed E-state index contributed by atoms with van der Waals surface area (Å²) in [7, 11) is 0. The Morgan fingerprint density at radius 3 is 2.18 bits per heavy atom. The first kappa shape index (κ1) is 13.2. The molecular formula is C13H16O4. The van der Waals surface area contributed by atoms with E-state index in [0.717, 1.165) is 0 Å². The summed E-state index contributed by atoms with van der Waals surface area (Å²) < 4.78 is 5.21. The zero-order chi connectivity index (χ0) is 13.2. The molecule has 0 aliphatic heterocycles. The van der Waals surface area contributed by atoms with Gasteiger partial charge < -0.3 is 9.84 Å². The van der Waals surface area contributed by atoms with Crippen LogP contribution in [0.4, 0.5) is 0 Å². The van der Waals surface area contributed by atoms with E-state index in [-0.39, 0.29) is 5.56 Å². The molecule has 1 aromatic rings. The van der Waals surface area contributed by atoms with Gasteiger partial charge in [-0.15, -0.1) is 0 Å². The van der Waals surface area contributed by atoms with E-state index in [1.54, 1.807) is 33.8 Å². The highest BCUT2D eigenvalue weighted by atomic mass is 16.6. The predicted molar refractivity (Wildman–Crippen MR) is 63.3 cm³/mol. The van der Waals surface area contributed by atoms with E-state index >= 15 is 0 Å². The minimum atomic E-state index is -1.05. The van der Waals surface area contributed by atoms with Crippen molar-refractivity contribution in [1.82, 2.24) is 0 Å². The zero-order valence-electron chi connectivity index (χ0n) is 10.4. The van der Waals surface area contributed by atoms with Crippen LogP contribution in [0.25, 0.3) is 0 Å². The molecule has 0 spiro atoms. The van der Waals surface area contributed by atoms with Crippen LogP contribution in [0.1, 0.15) is 47.1 Å². The van der Waals surface area contributed by atoms with Crippen LogP contribution in [0.15, 0.2) is 18.2 Å². The molecule has 0 fully saturated rings. The molecule has 1 rings (SSSR count). The molecule has 0 unspecified atom stereocenters. The minimum absolute atomic E-state index is 0.119. The van der Waals surface area contributed by atoms with Crippen LogP contribution in [0.2, 0.25) is 0 Å². The first-order chi connectivity index (χ1) is 7.72. The number of hydrogen-bond donors (Lipinski definition) is 1. The van der Waals surface area contributed by atoms with Crippen LogP contribution >= 0.6 is 0 Å². The van der Waals surface area contributed by atoms with Gasteiger partial charge in [-0.05, 0) is 45.4 Å². The number of carboxylic acid groups (broad SMARTS) is 1. The van der Waals surface area contributed by atoms with Crippen LogP contribution in [0, 0.1) is 6.92 Å². The van der Waals surface area contributed by atoms with Crippen LogP contribution < -0.4 is 0 Å². The van der Waals surface area contributed by atoms with Gasteiger partial charge in [0.1, 0.15) is 5.60 Å². The summed E-state index contributed by atoms with van der Waals surface area (Å²) in [5.74, 6) is -1.55. The number of benzene rings is 1. The van der Waals surface area contributed by atoms with E-state index in [9.17, 15) is 9.59 Å². The lowest BCUT2D eigenvalue weighted by Crippen LogP contribution is -2.24. The van der Waals surface area contributed by atoms with Gasteiger partial charge in [-0.3, -0.25) is 0 Å². The highest BCUT2D eigenvalue weighted by Gasteiger charge is 2.21. The third kappa shape index (κ3) is 3.31. The maximum atomic E-state index is 11.8. The number of aromatic carboxylic acids is 1. The van der Waals surface area contributed by atoms with Crippen molar-refractivity contribution in [1.29, 1.82) is 0 Å². The predicted octanol–water partition coefficient (Wildman–Crippen LogP) is 2.65. The average molecular weight is 236 g/mol. The molecule has 0 radical (unpaired) electrons. The molecule has 0 saturated carbocycles. The molecular weight excluding hydrogens is 220 g/mol. The summed E-state index contributed by atoms with van der Waals surface area (Å²) in [5.41, 5.74) is 0.241. The van der Waals surface area contributed by atoms with Crippen molar-refractivity contribution >= 4 is 11.9 Å². The number of carbonyl (C=O) groups excluding carboxylic acids is 1. The van der Waals surface area contributed by atoms with Crippen molar-refractivity contribution in [2.45, 2.75) is 33.3 Å². The quantitative estimate of drug-likeness (QED) is 0.802. The molecule has 4 nitrogen and oxygen atoms in total. The van der Waals surface area contributed by atoms with Crippen LogP contribution in [-0.2, 0) is 4.74 Å². The molecule has 17 heavy (non-hydrogen) atoms. The second kappa shape index (κ2) is 4.57. The zero-order valence-corrected chi connectivity index (χ0v) is 10.4. The highest BCUT2D eigenvalue weighted by molar-refractivity contribution is 5.97. The van der Waals surface area contributed by atoms with Gasteiger partial charge in [-0.2, -0.15) is 0 Å². The van der Waals surface area contributed by atoms with Gasteiger partial charge in [-0.25, -0.2) is 9.59 Å². The molecule has 0 saturated heterocycles. The summed E-state index contributed by atoms with van der Waals surface area (Å²) in [5, 5.41) is 8.95. The lowest BCUT2D eigenvalue weighted by Gasteiger charge is -2.20. The fourth-order valence-corrected chi connectivity index (χ4v) is 1.42. The lowest BCUT2D eigenvalue weighted by atomic mass is 10.0. The van der Waals surface area contributed by atoms with Gasteiger partial charge in [0.25, 0.3) is 0 Å². The number of carboxylic acids is 1. The maximum absolute atomic E-state index is 11.8. The third-order valence-electron chi connectivity index (χ3n) is 2.18. The summed E-state index contributed by atoms with van der Waals surface area (Å²) in [6.45, 7) is 6.90. The van der Waals surface area contributed by atoms with E-state index in [4.69, 9.17) is 9.84 Å². The van der Waals surface area contributed by atoms with Gasteiger partial charge in [-0.1, -0.05) is 6.07 Å². The Labute approximate surface area is 100 Å². The van der Waals surface area contributed by atoms with Gasteiger partial charge in [0, 0.05) is 0 Å². The van der Waals surface area contributed by atoms with Gasteiger partial charge in [0.05, 0.1) is 11.1 Å². The van der Waals surface area contributed by atoms with Crippen LogP contribution in [0.5, 0.6) is 0 Å². The summed E-state index contributed by atoms with van der Waals surface area (Å²) in [6, 6.07) is 4.57. The Hall–Kier alpha value is -1.84. The van der Waals surface area contributed by atoms with Crippen molar-refractivity contribution in [3.05, 3.63) is 34.9 Å². The number of esters is 1. The highest BCUT2D eigenvalue weighted by Crippen LogP contribution is 2.18. The largest absolute Gasteiger partial charge is 0.478 e. The maximum Gasteiger partial charge on any atom is 0.338 e. The van der Waals surface area contributed by atoms with Crippen molar-refractivity contribution in [2.24, 2.45) is 0 Å². The van der Waals surface area contributed by atoms with Crippen molar-refractivity contribution in [2.75, 3.05) is 0 Å². The molecule has 0 aromatic heterocycles. The third-order valence-corrected chi connectivity index (χ3v) is 2.18. The first-order valence-corrected chi connectivity index (χ1v) is 5.28. The second-order valence-corrected chi connectivity index (χ2v) is 4.79. The number of rotatable bonds is 2. The van der Waals surface area contributed by atoms with E-state index in [1.165, 1.54) is 12.1 Å². The van der Waals surface area contributed by atoms with E-state index in [2.05, 4.69) is 0 Å². The fraction of sp³-hybridized carbons (Fsp3) is 0.385. The normalized spacial score (nSPS) is 11.1. The molecule has 0 bridgehead atoms. The van der Waals surface area contributed by atoms with E-state index < -0.39 is 17.5 Å². The van der Waals surface area contributed by atoms with Crippen LogP contribution in [-0.4, -0.2) is 22.6 Å². The molecule has 0 aliphatic rings. The average Bonchev–Trinajstić information content (AvgIpc) is 2.14. The monoisotopic (exact) mass is 236 g/mol. The lowest BCUT2D eigenvalue weighted by molar-refractivity contribution is 0.00687. The summed E-state index contributed by atoms with van der Waals surface area (Å²) in [4.78, 5) is 22.8. The molecule has 1 aromatic carbocycles. The Bertz CT molecular complexity index is 455. The van der Waals surface area contributed by atoms with Crippen molar-refractivity contribution < 1.29 is 19.4 Å². The Morgan fingerprint density at radius 1 is 1.18 bits per heavy atom. The van der Waals surface area contributed by atoms with Crippen molar-refractivity contribution in [3.63, 3.8) is 0 Å². The van der Waals surface area contributed by atoms with E-state index in [1.807, 2.05) is 0 Å². The molecule has 1 N–H and O–H groups in total. The van der Waals surface area contributed by atoms with Crippen molar-refractivity contribution in [3.8, 4) is 0 Å². The molecule has 0 aliphatic carbocycles. The SMILES string of the molecule is Cc1c(C(=O)O)cccc1C(=O)OC(C)(C)C. The van der Waals surface area contributed by atoms with E-state index in [0.29, 0.717) is 11.1 Å².